The van der Waals surface area contributed by atoms with Crippen LogP contribution in [-0.4, -0.2) is 0 Å². The number of para-hydroxylation sites is 1. The average molecular weight is 472 g/mol. The summed E-state index contributed by atoms with van der Waals surface area (Å²) in [5.74, 6) is 0. The van der Waals surface area contributed by atoms with Crippen molar-refractivity contribution in [2.45, 2.75) is 0 Å². The van der Waals surface area contributed by atoms with Crippen LogP contribution in [0.4, 0.5) is 17.1 Å². The maximum atomic E-state index is 2.39. The lowest BCUT2D eigenvalue weighted by atomic mass is 9.93. The summed E-state index contributed by atoms with van der Waals surface area (Å²) in [6, 6.07) is 54.4. The Morgan fingerprint density at radius 2 is 0.730 bits per heavy atom. The van der Waals surface area contributed by atoms with Gasteiger partial charge in [-0.25, -0.2) is 0 Å². The highest BCUT2D eigenvalue weighted by Crippen LogP contribution is 2.44. The van der Waals surface area contributed by atoms with Crippen molar-refractivity contribution in [3.05, 3.63) is 152 Å². The zero-order chi connectivity index (χ0) is 24.6. The van der Waals surface area contributed by atoms with Gasteiger partial charge in [0.2, 0.25) is 0 Å². The first kappa shape index (κ1) is 21.4. The van der Waals surface area contributed by atoms with Crippen LogP contribution in [0.25, 0.3) is 43.4 Å². The topological polar surface area (TPSA) is 3.24 Å². The highest BCUT2D eigenvalue weighted by molar-refractivity contribution is 6.28. The largest absolute Gasteiger partial charge is 0.310 e. The van der Waals surface area contributed by atoms with Gasteiger partial charge in [0.15, 0.2) is 0 Å². The first-order chi connectivity index (χ1) is 18.4. The Labute approximate surface area is 216 Å². The van der Waals surface area contributed by atoms with E-state index in [0.717, 1.165) is 11.4 Å². The minimum Gasteiger partial charge on any atom is -0.310 e. The first-order valence-corrected chi connectivity index (χ1v) is 12.7. The quantitative estimate of drug-likeness (QED) is 0.231. The number of benzene rings is 7. The molecule has 0 amide bonds. The molecule has 0 radical (unpaired) electrons. The van der Waals surface area contributed by atoms with Gasteiger partial charge in [-0.2, -0.15) is 0 Å². The summed E-state index contributed by atoms with van der Waals surface area (Å²) >= 11 is 0. The standard InChI is InChI=1S/C36H25N/c1-3-12-26(13-4-1)27-22-24-29(25-23-27)37(28-14-5-2-6-15-28)35-21-11-20-34-32-17-8-7-16-30(32)31-18-9-10-19-33(31)36(34)35/h1-25H. The van der Waals surface area contributed by atoms with Crippen LogP contribution in [0.5, 0.6) is 0 Å². The summed E-state index contributed by atoms with van der Waals surface area (Å²) in [5, 5.41) is 7.67. The molecule has 37 heavy (non-hydrogen) atoms. The molecule has 0 spiro atoms. The summed E-state index contributed by atoms with van der Waals surface area (Å²) in [7, 11) is 0. The Morgan fingerprint density at radius 1 is 0.297 bits per heavy atom. The van der Waals surface area contributed by atoms with Crippen LogP contribution in [0, 0.1) is 0 Å². The van der Waals surface area contributed by atoms with E-state index in [1.165, 1.54) is 49.1 Å². The molecule has 0 atom stereocenters. The van der Waals surface area contributed by atoms with Crippen molar-refractivity contribution in [3.8, 4) is 11.1 Å². The lowest BCUT2D eigenvalue weighted by Crippen LogP contribution is -2.10. The number of hydrogen-bond acceptors (Lipinski definition) is 1. The lowest BCUT2D eigenvalue weighted by molar-refractivity contribution is 1.30. The van der Waals surface area contributed by atoms with Gasteiger partial charge in [-0.05, 0) is 68.4 Å². The zero-order valence-electron chi connectivity index (χ0n) is 20.4. The molecule has 0 N–H and O–H groups in total. The predicted octanol–water partition coefficient (Wildman–Crippen LogP) is 10.3. The Balaban J connectivity index is 1.52. The van der Waals surface area contributed by atoms with Crippen molar-refractivity contribution in [1.82, 2.24) is 0 Å². The molecule has 0 saturated carbocycles. The van der Waals surface area contributed by atoms with E-state index in [0.29, 0.717) is 0 Å². The van der Waals surface area contributed by atoms with Gasteiger partial charge in [0, 0.05) is 16.8 Å². The van der Waals surface area contributed by atoms with E-state index in [9.17, 15) is 0 Å². The molecule has 7 rings (SSSR count). The molecule has 0 aliphatic heterocycles. The van der Waals surface area contributed by atoms with Gasteiger partial charge in [-0.1, -0.05) is 121 Å². The first-order valence-electron chi connectivity index (χ1n) is 12.7. The molecule has 1 heteroatoms. The van der Waals surface area contributed by atoms with Gasteiger partial charge in [0.1, 0.15) is 0 Å². The molecule has 0 unspecified atom stereocenters. The van der Waals surface area contributed by atoms with Crippen LogP contribution < -0.4 is 4.90 Å². The molecule has 0 saturated heterocycles. The fourth-order valence-corrected chi connectivity index (χ4v) is 5.56. The molecule has 0 aliphatic rings. The molecule has 0 bridgehead atoms. The second-order valence-electron chi connectivity index (χ2n) is 9.37. The van der Waals surface area contributed by atoms with E-state index < -0.39 is 0 Å². The lowest BCUT2D eigenvalue weighted by Gasteiger charge is -2.28. The summed E-state index contributed by atoms with van der Waals surface area (Å²) in [6.45, 7) is 0. The minimum atomic E-state index is 1.13. The molecule has 0 heterocycles. The number of nitrogens with zero attached hydrogens (tertiary/aromatic N) is 1. The van der Waals surface area contributed by atoms with Crippen molar-refractivity contribution in [3.63, 3.8) is 0 Å². The van der Waals surface area contributed by atoms with Gasteiger partial charge < -0.3 is 4.90 Å². The molecule has 0 fully saturated rings. The second kappa shape index (κ2) is 8.96. The Kier molecular flexibility index (Phi) is 5.19. The third-order valence-corrected chi connectivity index (χ3v) is 7.23. The average Bonchev–Trinajstić information content (AvgIpc) is 2.99. The Hall–Kier alpha value is -4.88. The summed E-state index contributed by atoms with van der Waals surface area (Å²) < 4.78 is 0. The van der Waals surface area contributed by atoms with Crippen molar-refractivity contribution in [2.75, 3.05) is 4.90 Å². The Bertz CT molecular complexity index is 1810. The second-order valence-corrected chi connectivity index (χ2v) is 9.37. The van der Waals surface area contributed by atoms with E-state index in [-0.39, 0.29) is 0 Å². The van der Waals surface area contributed by atoms with Gasteiger partial charge in [0.05, 0.1) is 5.69 Å². The SMILES string of the molecule is c1ccc(-c2ccc(N(c3ccccc3)c3cccc4c5ccccc5c5ccccc5c34)cc2)cc1. The van der Waals surface area contributed by atoms with Gasteiger partial charge in [0.25, 0.3) is 0 Å². The van der Waals surface area contributed by atoms with E-state index in [1.807, 2.05) is 0 Å². The third-order valence-electron chi connectivity index (χ3n) is 7.23. The summed E-state index contributed by atoms with van der Waals surface area (Å²) in [4.78, 5) is 2.39. The van der Waals surface area contributed by atoms with Gasteiger partial charge in [-0.3, -0.25) is 0 Å². The highest BCUT2D eigenvalue weighted by Gasteiger charge is 2.18. The molecule has 0 aromatic heterocycles. The molecule has 7 aromatic rings. The highest BCUT2D eigenvalue weighted by atomic mass is 15.1. The molecule has 174 valence electrons. The fourth-order valence-electron chi connectivity index (χ4n) is 5.56. The third kappa shape index (κ3) is 3.64. The van der Waals surface area contributed by atoms with Gasteiger partial charge >= 0.3 is 0 Å². The maximum Gasteiger partial charge on any atom is 0.0546 e. The Morgan fingerprint density at radius 3 is 1.35 bits per heavy atom. The number of fused-ring (bicyclic) bond motifs is 6. The smallest absolute Gasteiger partial charge is 0.0546 e. The summed E-state index contributed by atoms with van der Waals surface area (Å²) in [6.07, 6.45) is 0. The van der Waals surface area contributed by atoms with Crippen LogP contribution in [0.15, 0.2) is 152 Å². The van der Waals surface area contributed by atoms with Crippen molar-refractivity contribution >= 4 is 49.4 Å². The van der Waals surface area contributed by atoms with Crippen LogP contribution in [-0.2, 0) is 0 Å². The van der Waals surface area contributed by atoms with E-state index in [2.05, 4.69) is 157 Å². The predicted molar refractivity (Wildman–Crippen MR) is 159 cm³/mol. The van der Waals surface area contributed by atoms with Gasteiger partial charge in [-0.15, -0.1) is 0 Å². The molecular weight excluding hydrogens is 446 g/mol. The van der Waals surface area contributed by atoms with E-state index in [4.69, 9.17) is 0 Å². The molecule has 7 aromatic carbocycles. The molecular formula is C36H25N. The van der Waals surface area contributed by atoms with Crippen molar-refractivity contribution in [2.24, 2.45) is 0 Å². The zero-order valence-corrected chi connectivity index (χ0v) is 20.4. The van der Waals surface area contributed by atoms with E-state index in [1.54, 1.807) is 0 Å². The number of anilines is 3. The summed E-state index contributed by atoms with van der Waals surface area (Å²) in [5.41, 5.74) is 5.89. The maximum absolute atomic E-state index is 2.39. The van der Waals surface area contributed by atoms with Crippen LogP contribution in [0.3, 0.4) is 0 Å². The number of rotatable bonds is 4. The molecule has 1 nitrogen and oxygen atoms in total. The monoisotopic (exact) mass is 471 g/mol. The molecule has 0 aliphatic carbocycles. The fraction of sp³-hybridized carbons (Fsp3) is 0. The van der Waals surface area contributed by atoms with Crippen LogP contribution >= 0.6 is 0 Å². The minimum absolute atomic E-state index is 1.13. The number of hydrogen-bond donors (Lipinski definition) is 0. The van der Waals surface area contributed by atoms with Crippen molar-refractivity contribution in [1.29, 1.82) is 0 Å². The van der Waals surface area contributed by atoms with Crippen LogP contribution in [0.2, 0.25) is 0 Å². The van der Waals surface area contributed by atoms with Crippen LogP contribution in [0.1, 0.15) is 0 Å². The van der Waals surface area contributed by atoms with E-state index >= 15 is 0 Å². The van der Waals surface area contributed by atoms with Crippen molar-refractivity contribution < 1.29 is 0 Å². The normalized spacial score (nSPS) is 11.2.